The van der Waals surface area contributed by atoms with Crippen LogP contribution in [0, 0.1) is 0 Å². The van der Waals surface area contributed by atoms with E-state index in [4.69, 9.17) is 5.84 Å². The summed E-state index contributed by atoms with van der Waals surface area (Å²) in [5.41, 5.74) is 6.09. The zero-order valence-electron chi connectivity index (χ0n) is 11.1. The molecule has 0 saturated carbocycles. The lowest BCUT2D eigenvalue weighted by Gasteiger charge is -2.28. The van der Waals surface area contributed by atoms with E-state index >= 15 is 0 Å². The van der Waals surface area contributed by atoms with Gasteiger partial charge in [-0.2, -0.15) is 0 Å². The van der Waals surface area contributed by atoms with Crippen molar-refractivity contribution in [3.8, 4) is 0 Å². The molecule has 0 fully saturated rings. The van der Waals surface area contributed by atoms with Crippen molar-refractivity contribution in [2.24, 2.45) is 5.84 Å². The number of carbonyl (C=O) groups excluding carboxylic acids is 1. The molecule has 0 bridgehead atoms. The molecule has 20 heavy (non-hydrogen) atoms. The molecule has 0 unspecified atom stereocenters. The van der Waals surface area contributed by atoms with E-state index < -0.39 is 0 Å². The predicted octanol–water partition coefficient (Wildman–Crippen LogP) is 1.91. The van der Waals surface area contributed by atoms with Gasteiger partial charge in [-0.3, -0.25) is 15.1 Å². The molecular formula is C15H17N3OS. The molecule has 0 atom stereocenters. The van der Waals surface area contributed by atoms with Crippen LogP contribution in [0.3, 0.4) is 0 Å². The first-order valence-electron chi connectivity index (χ1n) is 6.64. The molecule has 1 aliphatic heterocycles. The summed E-state index contributed by atoms with van der Waals surface area (Å²) >= 11 is 1.44. The molecule has 0 spiro atoms. The number of rotatable bonds is 3. The van der Waals surface area contributed by atoms with E-state index in [1.54, 1.807) is 0 Å². The molecule has 2 heterocycles. The van der Waals surface area contributed by atoms with Crippen LogP contribution >= 0.6 is 11.3 Å². The van der Waals surface area contributed by atoms with Crippen LogP contribution in [0.1, 0.15) is 26.4 Å². The van der Waals surface area contributed by atoms with E-state index in [0.29, 0.717) is 4.88 Å². The van der Waals surface area contributed by atoms with Crippen LogP contribution in [0.5, 0.6) is 0 Å². The van der Waals surface area contributed by atoms with Gasteiger partial charge in [-0.25, -0.2) is 5.84 Å². The molecular weight excluding hydrogens is 270 g/mol. The Hall–Kier alpha value is -1.69. The smallest absolute Gasteiger partial charge is 0.275 e. The number of hydrogen-bond acceptors (Lipinski definition) is 4. The summed E-state index contributed by atoms with van der Waals surface area (Å²) in [7, 11) is 0. The maximum atomic E-state index is 11.7. The van der Waals surface area contributed by atoms with E-state index in [2.05, 4.69) is 34.6 Å². The van der Waals surface area contributed by atoms with Crippen LogP contribution in [0.2, 0.25) is 0 Å². The fourth-order valence-corrected chi connectivity index (χ4v) is 3.47. The first kappa shape index (κ1) is 13.3. The molecule has 5 heteroatoms. The van der Waals surface area contributed by atoms with E-state index in [-0.39, 0.29) is 5.91 Å². The van der Waals surface area contributed by atoms with Gasteiger partial charge in [0.1, 0.15) is 0 Å². The SMILES string of the molecule is NNC(=O)c1sccc1CN1CCc2ccccc2C1. The summed E-state index contributed by atoms with van der Waals surface area (Å²) in [5.74, 6) is 5.02. The number of carbonyl (C=O) groups is 1. The Morgan fingerprint density at radius 1 is 1.30 bits per heavy atom. The molecule has 0 saturated heterocycles. The molecule has 1 aromatic carbocycles. The largest absolute Gasteiger partial charge is 0.294 e. The average Bonchev–Trinajstić information content (AvgIpc) is 2.94. The molecule has 1 amide bonds. The molecule has 1 aromatic heterocycles. The number of fused-ring (bicyclic) bond motifs is 1. The first-order valence-corrected chi connectivity index (χ1v) is 7.52. The van der Waals surface area contributed by atoms with Crippen molar-refractivity contribution in [3.05, 3.63) is 57.3 Å². The van der Waals surface area contributed by atoms with Crippen molar-refractivity contribution in [2.45, 2.75) is 19.5 Å². The van der Waals surface area contributed by atoms with Gasteiger partial charge in [-0.15, -0.1) is 11.3 Å². The van der Waals surface area contributed by atoms with Crippen LogP contribution in [0.25, 0.3) is 0 Å². The van der Waals surface area contributed by atoms with E-state index in [9.17, 15) is 4.79 Å². The summed E-state index contributed by atoms with van der Waals surface area (Å²) in [5, 5.41) is 1.94. The van der Waals surface area contributed by atoms with Gasteiger partial charge in [0.05, 0.1) is 4.88 Å². The highest BCUT2D eigenvalue weighted by molar-refractivity contribution is 7.12. The maximum absolute atomic E-state index is 11.7. The van der Waals surface area contributed by atoms with Crippen LogP contribution < -0.4 is 11.3 Å². The summed E-state index contributed by atoms with van der Waals surface area (Å²) in [6.07, 6.45) is 1.07. The Balaban J connectivity index is 1.74. The van der Waals surface area contributed by atoms with E-state index in [1.165, 1.54) is 22.5 Å². The van der Waals surface area contributed by atoms with Crippen LogP contribution in [-0.2, 0) is 19.5 Å². The van der Waals surface area contributed by atoms with Gasteiger partial charge in [-0.1, -0.05) is 24.3 Å². The molecule has 0 radical (unpaired) electrons. The molecule has 0 aliphatic carbocycles. The van der Waals surface area contributed by atoms with Crippen molar-refractivity contribution < 1.29 is 4.79 Å². The predicted molar refractivity (Wildman–Crippen MR) is 80.2 cm³/mol. The monoisotopic (exact) mass is 287 g/mol. The van der Waals surface area contributed by atoms with Crippen LogP contribution in [-0.4, -0.2) is 17.4 Å². The summed E-state index contributed by atoms with van der Waals surface area (Å²) in [6, 6.07) is 10.6. The lowest BCUT2D eigenvalue weighted by Crippen LogP contribution is -2.32. The third-order valence-electron chi connectivity index (χ3n) is 3.69. The van der Waals surface area contributed by atoms with E-state index in [1.807, 2.05) is 11.4 Å². The third kappa shape index (κ3) is 2.60. The van der Waals surface area contributed by atoms with Gasteiger partial charge in [0, 0.05) is 19.6 Å². The highest BCUT2D eigenvalue weighted by atomic mass is 32.1. The normalized spacial score (nSPS) is 14.8. The number of nitrogens with zero attached hydrogens (tertiary/aromatic N) is 1. The number of hydrogen-bond donors (Lipinski definition) is 2. The fraction of sp³-hybridized carbons (Fsp3) is 0.267. The van der Waals surface area contributed by atoms with Crippen molar-refractivity contribution in [3.63, 3.8) is 0 Å². The Morgan fingerprint density at radius 3 is 2.90 bits per heavy atom. The van der Waals surface area contributed by atoms with Crippen molar-refractivity contribution in [1.29, 1.82) is 0 Å². The Morgan fingerprint density at radius 2 is 2.10 bits per heavy atom. The van der Waals surface area contributed by atoms with Gasteiger partial charge >= 0.3 is 0 Å². The highest BCUT2D eigenvalue weighted by Gasteiger charge is 2.19. The summed E-state index contributed by atoms with van der Waals surface area (Å²) in [4.78, 5) is 14.8. The Bertz CT molecular complexity index is 623. The number of benzene rings is 1. The van der Waals surface area contributed by atoms with Gasteiger partial charge in [-0.05, 0) is 34.6 Å². The maximum Gasteiger partial charge on any atom is 0.275 e. The second-order valence-electron chi connectivity index (χ2n) is 4.98. The Kier molecular flexibility index (Phi) is 3.82. The quantitative estimate of drug-likeness (QED) is 0.515. The third-order valence-corrected chi connectivity index (χ3v) is 4.64. The number of nitrogen functional groups attached to an aromatic ring is 1. The molecule has 3 N–H and O–H groups in total. The van der Waals surface area contributed by atoms with Gasteiger partial charge in [0.15, 0.2) is 0 Å². The van der Waals surface area contributed by atoms with Gasteiger partial charge in [0.25, 0.3) is 5.91 Å². The Labute approximate surface area is 122 Å². The van der Waals surface area contributed by atoms with Crippen LogP contribution in [0.15, 0.2) is 35.7 Å². The van der Waals surface area contributed by atoms with Gasteiger partial charge < -0.3 is 0 Å². The molecule has 104 valence electrons. The number of thiophene rings is 1. The number of amides is 1. The zero-order chi connectivity index (χ0) is 13.9. The number of nitrogens with two attached hydrogens (primary N) is 1. The fourth-order valence-electron chi connectivity index (χ4n) is 2.65. The topological polar surface area (TPSA) is 58.4 Å². The number of hydrazine groups is 1. The van der Waals surface area contributed by atoms with Crippen molar-refractivity contribution >= 4 is 17.2 Å². The second-order valence-corrected chi connectivity index (χ2v) is 5.89. The second kappa shape index (κ2) is 5.75. The van der Waals surface area contributed by atoms with Crippen LogP contribution in [0.4, 0.5) is 0 Å². The van der Waals surface area contributed by atoms with Gasteiger partial charge in [0.2, 0.25) is 0 Å². The zero-order valence-corrected chi connectivity index (χ0v) is 12.0. The molecule has 3 rings (SSSR count). The highest BCUT2D eigenvalue weighted by Crippen LogP contribution is 2.23. The van der Waals surface area contributed by atoms with Crippen molar-refractivity contribution in [1.82, 2.24) is 10.3 Å². The molecule has 1 aliphatic rings. The molecule has 2 aromatic rings. The minimum absolute atomic E-state index is 0.201. The number of nitrogens with one attached hydrogen (secondary N) is 1. The summed E-state index contributed by atoms with van der Waals surface area (Å²) in [6.45, 7) is 2.76. The average molecular weight is 287 g/mol. The molecule has 4 nitrogen and oxygen atoms in total. The lowest BCUT2D eigenvalue weighted by molar-refractivity contribution is 0.0955. The first-order chi connectivity index (χ1) is 9.78. The minimum Gasteiger partial charge on any atom is -0.294 e. The lowest BCUT2D eigenvalue weighted by atomic mass is 9.99. The summed E-state index contributed by atoms with van der Waals surface area (Å²) < 4.78 is 0. The minimum atomic E-state index is -0.201. The van der Waals surface area contributed by atoms with E-state index in [0.717, 1.165) is 31.6 Å². The van der Waals surface area contributed by atoms with Crippen molar-refractivity contribution in [2.75, 3.05) is 6.54 Å². The standard InChI is InChI=1S/C15H17N3OS/c16-17-15(19)14-13(6-8-20-14)10-18-7-5-11-3-1-2-4-12(11)9-18/h1-4,6,8H,5,7,9-10,16H2,(H,17,19).